The first-order chi connectivity index (χ1) is 14.9. The number of sulfone groups is 2. The minimum Gasteiger partial charge on any atom is -0.481 e. The third-order valence-electron chi connectivity index (χ3n) is 3.87. The molecule has 3 heterocycles. The molecule has 164 valence electrons. The first-order valence-corrected chi connectivity index (χ1v) is 12.5. The monoisotopic (exact) mass is 473 g/mol. The maximum Gasteiger partial charge on any atom is 0.315 e. The third kappa shape index (κ3) is 5.68. The molecule has 0 aromatic carbocycles. The van der Waals surface area contributed by atoms with Crippen LogP contribution in [-0.4, -0.2) is 65.3 Å². The molecule has 0 aliphatic rings. The molecule has 0 aliphatic carbocycles. The minimum absolute atomic E-state index is 0.168. The molecule has 3 aromatic rings. The van der Waals surface area contributed by atoms with Crippen molar-refractivity contribution in [1.82, 2.24) is 24.9 Å². The first-order valence-electron chi connectivity index (χ1n) is 8.71. The molecule has 3 aromatic heterocycles. The van der Waals surface area contributed by atoms with Crippen LogP contribution in [0, 0.1) is 11.8 Å². The van der Waals surface area contributed by atoms with Crippen LogP contribution in [0.5, 0.6) is 0 Å². The largest absolute Gasteiger partial charge is 0.481 e. The quantitative estimate of drug-likeness (QED) is 0.407. The number of hydrogen-bond donors (Lipinski definition) is 1. The molecule has 0 saturated heterocycles. The Labute approximate surface area is 183 Å². The number of carbonyl (C=O) groups is 1. The number of rotatable bonds is 5. The number of nitrogens with zero attached hydrogens (tertiary/aromatic N) is 5. The van der Waals surface area contributed by atoms with Crippen molar-refractivity contribution in [2.24, 2.45) is 0 Å². The van der Waals surface area contributed by atoms with Gasteiger partial charge in [0.05, 0.1) is 22.8 Å². The summed E-state index contributed by atoms with van der Waals surface area (Å²) in [5.74, 6) is 4.08. The molecule has 3 rings (SSSR count). The zero-order valence-electron chi connectivity index (χ0n) is 16.7. The number of carboxylic acid groups (broad SMARTS) is 1. The van der Waals surface area contributed by atoms with Crippen molar-refractivity contribution in [1.29, 1.82) is 0 Å². The van der Waals surface area contributed by atoms with Gasteiger partial charge in [-0.2, -0.15) is 0 Å². The smallest absolute Gasteiger partial charge is 0.315 e. The summed E-state index contributed by atoms with van der Waals surface area (Å²) in [5.41, 5.74) is 1.08. The molecule has 0 aliphatic heterocycles. The molecule has 0 saturated carbocycles. The molecule has 1 N–H and O–H groups in total. The minimum atomic E-state index is -3.61. The summed E-state index contributed by atoms with van der Waals surface area (Å²) in [6.07, 6.45) is 3.74. The van der Waals surface area contributed by atoms with Crippen molar-refractivity contribution < 1.29 is 26.7 Å². The number of carboxylic acids is 1. The van der Waals surface area contributed by atoms with Gasteiger partial charge in [0.25, 0.3) is 0 Å². The fourth-order valence-electron chi connectivity index (χ4n) is 2.45. The van der Waals surface area contributed by atoms with Crippen LogP contribution in [-0.2, 0) is 24.5 Å². The molecule has 32 heavy (non-hydrogen) atoms. The Morgan fingerprint density at radius 1 is 0.812 bits per heavy atom. The van der Waals surface area contributed by atoms with E-state index in [1.165, 1.54) is 24.3 Å². The Hall–Kier alpha value is -3.76. The average molecular weight is 473 g/mol. The molecule has 0 amide bonds. The second-order valence-electron chi connectivity index (χ2n) is 6.53. The Morgan fingerprint density at radius 3 is 1.69 bits per heavy atom. The summed E-state index contributed by atoms with van der Waals surface area (Å²) in [6.45, 7) is 0. The van der Waals surface area contributed by atoms with Gasteiger partial charge in [-0.15, -0.1) is 0 Å². The van der Waals surface area contributed by atoms with E-state index in [1.807, 2.05) is 0 Å². The summed E-state index contributed by atoms with van der Waals surface area (Å²) >= 11 is 0. The van der Waals surface area contributed by atoms with E-state index < -0.39 is 32.1 Å². The van der Waals surface area contributed by atoms with Crippen molar-refractivity contribution in [3.63, 3.8) is 0 Å². The van der Waals surface area contributed by atoms with Crippen molar-refractivity contribution in [3.8, 4) is 34.6 Å². The highest BCUT2D eigenvalue weighted by Crippen LogP contribution is 2.24. The fraction of sp³-hybridized carbons (Fsp3) is 0.158. The van der Waals surface area contributed by atoms with Crippen LogP contribution < -0.4 is 0 Å². The molecule has 0 atom stereocenters. The van der Waals surface area contributed by atoms with Gasteiger partial charge in [-0.3, -0.25) is 4.79 Å². The van der Waals surface area contributed by atoms with E-state index in [4.69, 9.17) is 5.11 Å². The summed E-state index contributed by atoms with van der Waals surface area (Å²) in [4.78, 5) is 30.8. The highest BCUT2D eigenvalue weighted by Gasteiger charge is 2.16. The van der Waals surface area contributed by atoms with Gasteiger partial charge < -0.3 is 5.11 Å². The highest BCUT2D eigenvalue weighted by molar-refractivity contribution is 7.90. The summed E-state index contributed by atoms with van der Waals surface area (Å²) in [5, 5.41) is 8.38. The van der Waals surface area contributed by atoms with Gasteiger partial charge in [0, 0.05) is 30.2 Å². The lowest BCUT2D eigenvalue weighted by Gasteiger charge is -2.07. The van der Waals surface area contributed by atoms with Gasteiger partial charge in [0.1, 0.15) is 19.1 Å². The lowest BCUT2D eigenvalue weighted by Crippen LogP contribution is -2.03. The van der Waals surface area contributed by atoms with Crippen LogP contribution in [0.15, 0.2) is 47.0 Å². The van der Waals surface area contributed by atoms with Crippen molar-refractivity contribution in [3.05, 3.63) is 42.5 Å². The average Bonchev–Trinajstić information content (AvgIpc) is 2.72. The predicted molar refractivity (Wildman–Crippen MR) is 112 cm³/mol. The van der Waals surface area contributed by atoms with Gasteiger partial charge in [0.15, 0.2) is 29.7 Å². The number of aromatic nitrogens is 5. The van der Waals surface area contributed by atoms with Crippen LogP contribution in [0.3, 0.4) is 0 Å². The van der Waals surface area contributed by atoms with E-state index in [9.17, 15) is 21.6 Å². The van der Waals surface area contributed by atoms with Gasteiger partial charge in [-0.05, 0) is 12.1 Å². The lowest BCUT2D eigenvalue weighted by molar-refractivity contribution is -0.135. The molecule has 0 spiro atoms. The maximum absolute atomic E-state index is 11.8. The van der Waals surface area contributed by atoms with Crippen molar-refractivity contribution >= 4 is 25.6 Å². The van der Waals surface area contributed by atoms with E-state index in [2.05, 4.69) is 36.8 Å². The van der Waals surface area contributed by atoms with Gasteiger partial charge in [-0.1, -0.05) is 11.8 Å². The van der Waals surface area contributed by atoms with Crippen LogP contribution in [0.2, 0.25) is 0 Å². The standard InChI is InChI=1S/C19H15N5O6S2/c1-31(27,28)17-8-13(20-10-22-17)15-6-12(4-3-5-19(25)26)7-16(24-15)14-9-18(23-11-21-14)32(2,29)30/h6-11H,5H2,1-2H3,(H,25,26). The summed E-state index contributed by atoms with van der Waals surface area (Å²) in [6, 6.07) is 5.45. The van der Waals surface area contributed by atoms with E-state index in [-0.39, 0.29) is 32.8 Å². The SMILES string of the molecule is CS(=O)(=O)c1cc(-c2cc(C#CCC(=O)O)cc(-c3cc(S(C)(=O)=O)ncn3)n2)ncn1. The second-order valence-corrected chi connectivity index (χ2v) is 10.5. The highest BCUT2D eigenvalue weighted by atomic mass is 32.2. The number of pyridine rings is 1. The summed E-state index contributed by atoms with van der Waals surface area (Å²) < 4.78 is 47.4. The molecule has 0 fully saturated rings. The maximum atomic E-state index is 11.8. The molecule has 0 unspecified atom stereocenters. The molecule has 11 nitrogen and oxygen atoms in total. The van der Waals surface area contributed by atoms with E-state index in [0.29, 0.717) is 5.56 Å². The predicted octanol–water partition coefficient (Wildman–Crippen LogP) is 0.629. The molecular formula is C19H15N5O6S2. The Morgan fingerprint density at radius 2 is 1.28 bits per heavy atom. The summed E-state index contributed by atoms with van der Waals surface area (Å²) in [7, 11) is -7.22. The number of hydrogen-bond acceptors (Lipinski definition) is 10. The van der Waals surface area contributed by atoms with Crippen LogP contribution in [0.4, 0.5) is 0 Å². The Balaban J connectivity index is 2.21. The van der Waals surface area contributed by atoms with E-state index in [0.717, 1.165) is 25.2 Å². The zero-order chi connectivity index (χ0) is 23.5. The lowest BCUT2D eigenvalue weighted by atomic mass is 10.1. The Kier molecular flexibility index (Phi) is 6.28. The topological polar surface area (TPSA) is 170 Å². The second kappa shape index (κ2) is 8.77. The molecule has 0 bridgehead atoms. The van der Waals surface area contributed by atoms with Gasteiger partial charge >= 0.3 is 5.97 Å². The van der Waals surface area contributed by atoms with Gasteiger partial charge in [0.2, 0.25) is 0 Å². The zero-order valence-corrected chi connectivity index (χ0v) is 18.3. The number of aliphatic carboxylic acids is 1. The van der Waals surface area contributed by atoms with Crippen LogP contribution >= 0.6 is 0 Å². The molecular weight excluding hydrogens is 458 g/mol. The normalized spacial score (nSPS) is 11.4. The first kappa shape index (κ1) is 22.9. The van der Waals surface area contributed by atoms with E-state index >= 15 is 0 Å². The van der Waals surface area contributed by atoms with Crippen LogP contribution in [0.25, 0.3) is 22.8 Å². The molecule has 13 heteroatoms. The van der Waals surface area contributed by atoms with Gasteiger partial charge in [-0.25, -0.2) is 41.8 Å². The van der Waals surface area contributed by atoms with E-state index in [1.54, 1.807) is 0 Å². The third-order valence-corrected chi connectivity index (χ3v) is 5.83. The Bertz CT molecular complexity index is 1400. The van der Waals surface area contributed by atoms with Crippen molar-refractivity contribution in [2.45, 2.75) is 16.5 Å². The fourth-order valence-corrected chi connectivity index (χ4v) is 3.58. The molecule has 0 radical (unpaired) electrons. The van der Waals surface area contributed by atoms with Crippen molar-refractivity contribution in [2.75, 3.05) is 12.5 Å². The van der Waals surface area contributed by atoms with Crippen LogP contribution in [0.1, 0.15) is 12.0 Å².